The van der Waals surface area contributed by atoms with Crippen LogP contribution in [0.2, 0.25) is 5.02 Å². The molecule has 0 aromatic heterocycles. The van der Waals surface area contributed by atoms with Gasteiger partial charge in [0.05, 0.1) is 5.02 Å². The summed E-state index contributed by atoms with van der Waals surface area (Å²) in [6.07, 6.45) is 0.764. The molecule has 0 unspecified atom stereocenters. The highest BCUT2D eigenvalue weighted by molar-refractivity contribution is 6.31. The zero-order valence-electron chi connectivity index (χ0n) is 11.9. The summed E-state index contributed by atoms with van der Waals surface area (Å²) in [6, 6.07) is 2.09. The van der Waals surface area contributed by atoms with Crippen molar-refractivity contribution in [2.75, 3.05) is 26.2 Å². The van der Waals surface area contributed by atoms with Gasteiger partial charge in [0.25, 0.3) is 0 Å². The van der Waals surface area contributed by atoms with E-state index >= 15 is 0 Å². The van der Waals surface area contributed by atoms with Crippen LogP contribution >= 0.6 is 11.6 Å². The number of nitrogens with zero attached hydrogens (tertiary/aromatic N) is 1. The summed E-state index contributed by atoms with van der Waals surface area (Å²) in [4.78, 5) is 2.19. The molecule has 0 saturated carbocycles. The van der Waals surface area contributed by atoms with Crippen LogP contribution in [-0.4, -0.2) is 31.1 Å². The average molecular weight is 303 g/mol. The van der Waals surface area contributed by atoms with Crippen molar-refractivity contribution in [3.05, 3.63) is 34.4 Å². The van der Waals surface area contributed by atoms with Gasteiger partial charge < -0.3 is 5.32 Å². The topological polar surface area (TPSA) is 15.3 Å². The molecular weight excluding hydrogens is 282 g/mol. The minimum absolute atomic E-state index is 0.0748. The molecule has 1 saturated heterocycles. The van der Waals surface area contributed by atoms with Crippen LogP contribution in [0.25, 0.3) is 0 Å². The molecular formula is C15H21ClF2N2. The van der Waals surface area contributed by atoms with Gasteiger partial charge in [-0.15, -0.1) is 0 Å². The van der Waals surface area contributed by atoms with E-state index in [4.69, 9.17) is 11.6 Å². The Morgan fingerprint density at radius 1 is 1.20 bits per heavy atom. The predicted molar refractivity (Wildman–Crippen MR) is 78.0 cm³/mol. The van der Waals surface area contributed by atoms with E-state index in [-0.39, 0.29) is 11.1 Å². The SMILES string of the molecule is CC(C)C[C@H](c1c(F)ccc(F)c1Cl)N1CCNCC1. The summed E-state index contributed by atoms with van der Waals surface area (Å²) in [5.74, 6) is -0.582. The number of benzene rings is 1. The molecule has 2 rings (SSSR count). The highest BCUT2D eigenvalue weighted by atomic mass is 35.5. The van der Waals surface area contributed by atoms with Crippen molar-refractivity contribution >= 4 is 11.6 Å². The van der Waals surface area contributed by atoms with Gasteiger partial charge in [-0.2, -0.15) is 0 Å². The van der Waals surface area contributed by atoms with Gasteiger partial charge in [0.1, 0.15) is 11.6 Å². The van der Waals surface area contributed by atoms with E-state index in [2.05, 4.69) is 24.1 Å². The first-order valence-electron chi connectivity index (χ1n) is 7.09. The van der Waals surface area contributed by atoms with Crippen molar-refractivity contribution in [2.45, 2.75) is 26.3 Å². The van der Waals surface area contributed by atoms with Gasteiger partial charge in [-0.3, -0.25) is 4.90 Å². The van der Waals surface area contributed by atoms with Crippen LogP contribution in [0.1, 0.15) is 31.9 Å². The smallest absolute Gasteiger partial charge is 0.142 e. The van der Waals surface area contributed by atoms with E-state index in [9.17, 15) is 8.78 Å². The number of hydrogen-bond acceptors (Lipinski definition) is 2. The number of halogens is 3. The first kappa shape index (κ1) is 15.7. The molecule has 1 aromatic carbocycles. The maximum Gasteiger partial charge on any atom is 0.142 e. The van der Waals surface area contributed by atoms with E-state index in [0.717, 1.165) is 38.7 Å². The Kier molecular flexibility index (Phi) is 5.35. The van der Waals surface area contributed by atoms with Crippen LogP contribution in [-0.2, 0) is 0 Å². The molecule has 0 spiro atoms. The Bertz CT molecular complexity index is 459. The fourth-order valence-corrected chi connectivity index (χ4v) is 3.02. The molecule has 112 valence electrons. The molecule has 0 radical (unpaired) electrons. The number of nitrogens with one attached hydrogen (secondary N) is 1. The maximum absolute atomic E-state index is 14.2. The lowest BCUT2D eigenvalue weighted by Crippen LogP contribution is -2.45. The molecule has 5 heteroatoms. The summed E-state index contributed by atoms with van der Waals surface area (Å²) in [5.41, 5.74) is 0.308. The molecule has 0 bridgehead atoms. The van der Waals surface area contributed by atoms with Crippen LogP contribution in [0.15, 0.2) is 12.1 Å². The molecule has 0 amide bonds. The third kappa shape index (κ3) is 3.48. The average Bonchev–Trinajstić information content (AvgIpc) is 2.43. The second-order valence-electron chi connectivity index (χ2n) is 5.69. The fraction of sp³-hybridized carbons (Fsp3) is 0.600. The number of rotatable bonds is 4. The third-order valence-electron chi connectivity index (χ3n) is 3.70. The Morgan fingerprint density at radius 2 is 1.80 bits per heavy atom. The first-order chi connectivity index (χ1) is 9.50. The zero-order valence-corrected chi connectivity index (χ0v) is 12.7. The Balaban J connectivity index is 2.37. The van der Waals surface area contributed by atoms with E-state index in [0.29, 0.717) is 11.5 Å². The van der Waals surface area contributed by atoms with E-state index in [1.54, 1.807) is 0 Å². The monoisotopic (exact) mass is 302 g/mol. The van der Waals surface area contributed by atoms with Gasteiger partial charge >= 0.3 is 0 Å². The van der Waals surface area contributed by atoms with Gasteiger partial charge in [0.2, 0.25) is 0 Å². The standard InChI is InChI=1S/C15H21ClF2N2/c1-10(2)9-13(20-7-5-19-6-8-20)14-11(17)3-4-12(18)15(14)16/h3-4,10,13,19H,5-9H2,1-2H3/t13-/m1/s1. The zero-order chi connectivity index (χ0) is 14.7. The van der Waals surface area contributed by atoms with Crippen LogP contribution in [0.4, 0.5) is 8.78 Å². The molecule has 1 fully saturated rings. The Morgan fingerprint density at radius 3 is 2.40 bits per heavy atom. The summed E-state index contributed by atoms with van der Waals surface area (Å²) in [5, 5.41) is 3.20. The van der Waals surface area contributed by atoms with Gasteiger partial charge in [0, 0.05) is 37.8 Å². The van der Waals surface area contributed by atoms with Gasteiger partial charge in [-0.05, 0) is 24.5 Å². The van der Waals surface area contributed by atoms with Crippen molar-refractivity contribution in [2.24, 2.45) is 5.92 Å². The van der Waals surface area contributed by atoms with Crippen LogP contribution in [0, 0.1) is 17.6 Å². The molecule has 1 atom stereocenters. The van der Waals surface area contributed by atoms with Gasteiger partial charge in [-0.25, -0.2) is 8.78 Å². The van der Waals surface area contributed by atoms with E-state index in [1.165, 1.54) is 6.07 Å². The van der Waals surface area contributed by atoms with Gasteiger partial charge in [0.15, 0.2) is 0 Å². The number of piperazine rings is 1. The van der Waals surface area contributed by atoms with Crippen LogP contribution in [0.5, 0.6) is 0 Å². The number of hydrogen-bond donors (Lipinski definition) is 1. The highest BCUT2D eigenvalue weighted by Crippen LogP contribution is 2.36. The van der Waals surface area contributed by atoms with Crippen molar-refractivity contribution in [1.82, 2.24) is 10.2 Å². The van der Waals surface area contributed by atoms with Crippen molar-refractivity contribution in [1.29, 1.82) is 0 Å². The lowest BCUT2D eigenvalue weighted by molar-refractivity contribution is 0.151. The van der Waals surface area contributed by atoms with E-state index in [1.807, 2.05) is 0 Å². The largest absolute Gasteiger partial charge is 0.314 e. The quantitative estimate of drug-likeness (QED) is 0.855. The second-order valence-corrected chi connectivity index (χ2v) is 6.07. The molecule has 1 heterocycles. The molecule has 1 aromatic rings. The minimum Gasteiger partial charge on any atom is -0.314 e. The highest BCUT2D eigenvalue weighted by Gasteiger charge is 2.28. The molecule has 2 nitrogen and oxygen atoms in total. The molecule has 1 N–H and O–H groups in total. The summed E-state index contributed by atoms with van der Waals surface area (Å²) >= 11 is 6.04. The van der Waals surface area contributed by atoms with Gasteiger partial charge in [-0.1, -0.05) is 25.4 Å². The minimum atomic E-state index is -0.549. The normalized spacial score (nSPS) is 18.5. The van der Waals surface area contributed by atoms with Crippen LogP contribution in [0.3, 0.4) is 0 Å². The third-order valence-corrected chi connectivity index (χ3v) is 4.08. The van der Waals surface area contributed by atoms with Crippen LogP contribution < -0.4 is 5.32 Å². The second kappa shape index (κ2) is 6.83. The van der Waals surface area contributed by atoms with Crippen molar-refractivity contribution in [3.8, 4) is 0 Å². The molecule has 1 aliphatic rings. The Hall–Kier alpha value is -0.710. The van der Waals surface area contributed by atoms with E-state index < -0.39 is 11.6 Å². The lowest BCUT2D eigenvalue weighted by atomic mass is 9.94. The summed E-state index contributed by atoms with van der Waals surface area (Å²) in [6.45, 7) is 7.54. The summed E-state index contributed by atoms with van der Waals surface area (Å²) in [7, 11) is 0. The lowest BCUT2D eigenvalue weighted by Gasteiger charge is -2.36. The predicted octanol–water partition coefficient (Wildman–Crippen LogP) is 3.61. The molecule has 0 aliphatic carbocycles. The first-order valence-corrected chi connectivity index (χ1v) is 7.46. The Labute approximate surface area is 124 Å². The molecule has 20 heavy (non-hydrogen) atoms. The fourth-order valence-electron chi connectivity index (χ4n) is 2.74. The summed E-state index contributed by atoms with van der Waals surface area (Å²) < 4.78 is 27.9. The molecule has 1 aliphatic heterocycles. The van der Waals surface area contributed by atoms with Crippen molar-refractivity contribution < 1.29 is 8.78 Å². The maximum atomic E-state index is 14.2. The van der Waals surface area contributed by atoms with Crippen molar-refractivity contribution in [3.63, 3.8) is 0 Å².